The number of para-hydroxylation sites is 1. The number of Topliss-reactive ketones (excluding diaryl/α,β-unsaturated/α-hetero) is 3. The molecular formula is C17H14N2O4. The van der Waals surface area contributed by atoms with Gasteiger partial charge in [-0.15, -0.1) is 0 Å². The number of rotatable bonds is 3. The lowest BCUT2D eigenvalue weighted by Crippen LogP contribution is -2.38. The van der Waals surface area contributed by atoms with Gasteiger partial charge in [-0.1, -0.05) is 18.2 Å². The molecule has 6 heteroatoms. The summed E-state index contributed by atoms with van der Waals surface area (Å²) in [6.45, 7) is 0. The minimum absolute atomic E-state index is 0.183. The number of carbonyl (C=O) groups excluding carboxylic acids is 3. The van der Waals surface area contributed by atoms with Crippen LogP contribution in [-0.4, -0.2) is 27.1 Å². The molecule has 1 saturated carbocycles. The molecule has 3 rings (SSSR count). The third-order valence-corrected chi connectivity index (χ3v) is 3.86. The Balaban J connectivity index is 2.04. The highest BCUT2D eigenvalue weighted by Gasteiger charge is 2.37. The van der Waals surface area contributed by atoms with E-state index in [4.69, 9.17) is 0 Å². The van der Waals surface area contributed by atoms with E-state index in [1.54, 1.807) is 30.3 Å². The summed E-state index contributed by atoms with van der Waals surface area (Å²) in [6.07, 6.45) is 2.17. The summed E-state index contributed by atoms with van der Waals surface area (Å²) < 4.78 is 1.09. The van der Waals surface area contributed by atoms with Crippen molar-refractivity contribution in [2.24, 2.45) is 5.92 Å². The maximum Gasteiger partial charge on any atom is 0.282 e. The van der Waals surface area contributed by atoms with Crippen LogP contribution in [0.3, 0.4) is 0 Å². The third kappa shape index (κ3) is 2.75. The molecule has 1 aromatic carbocycles. The normalized spacial score (nSPS) is 15.7. The van der Waals surface area contributed by atoms with Crippen molar-refractivity contribution in [3.8, 4) is 5.69 Å². The summed E-state index contributed by atoms with van der Waals surface area (Å²) >= 11 is 0. The predicted molar refractivity (Wildman–Crippen MR) is 81.5 cm³/mol. The molecule has 0 aliphatic heterocycles. The van der Waals surface area contributed by atoms with Gasteiger partial charge in [-0.2, -0.15) is 9.78 Å². The summed E-state index contributed by atoms with van der Waals surface area (Å²) in [4.78, 5) is 48.9. The molecule has 1 heterocycles. The largest absolute Gasteiger partial charge is 0.298 e. The van der Waals surface area contributed by atoms with E-state index < -0.39 is 28.8 Å². The molecule has 1 aliphatic carbocycles. The minimum atomic E-state index is -1.34. The zero-order valence-corrected chi connectivity index (χ0v) is 12.3. The molecule has 23 heavy (non-hydrogen) atoms. The Morgan fingerprint density at radius 2 is 1.65 bits per heavy atom. The molecule has 0 bridgehead atoms. The molecular weight excluding hydrogens is 296 g/mol. The van der Waals surface area contributed by atoms with Crippen molar-refractivity contribution in [3.63, 3.8) is 0 Å². The van der Waals surface area contributed by atoms with Crippen molar-refractivity contribution < 1.29 is 14.4 Å². The quantitative estimate of drug-likeness (QED) is 0.631. The van der Waals surface area contributed by atoms with E-state index in [0.29, 0.717) is 12.1 Å². The lowest BCUT2D eigenvalue weighted by molar-refractivity contribution is -0.133. The molecule has 0 unspecified atom stereocenters. The minimum Gasteiger partial charge on any atom is -0.298 e. The molecule has 0 N–H and O–H groups in total. The smallest absolute Gasteiger partial charge is 0.282 e. The van der Waals surface area contributed by atoms with Gasteiger partial charge in [-0.05, 0) is 24.6 Å². The van der Waals surface area contributed by atoms with Gasteiger partial charge in [-0.3, -0.25) is 19.2 Å². The second kappa shape index (κ2) is 6.08. The SMILES string of the molecule is O=C1CCCC(=O)C1C(=O)c1ccnn(-c2ccccc2)c1=O. The van der Waals surface area contributed by atoms with Gasteiger partial charge in [0.05, 0.1) is 11.3 Å². The van der Waals surface area contributed by atoms with E-state index in [9.17, 15) is 19.2 Å². The van der Waals surface area contributed by atoms with Gasteiger partial charge in [0.25, 0.3) is 5.56 Å². The van der Waals surface area contributed by atoms with Crippen molar-refractivity contribution >= 4 is 17.3 Å². The van der Waals surface area contributed by atoms with Crippen molar-refractivity contribution in [3.05, 3.63) is 58.5 Å². The second-order valence-electron chi connectivity index (χ2n) is 5.38. The van der Waals surface area contributed by atoms with Gasteiger partial charge in [0, 0.05) is 19.0 Å². The van der Waals surface area contributed by atoms with E-state index in [1.807, 2.05) is 0 Å². The maximum atomic E-state index is 12.5. The summed E-state index contributed by atoms with van der Waals surface area (Å²) in [5, 5.41) is 3.96. The van der Waals surface area contributed by atoms with Crippen LogP contribution in [-0.2, 0) is 9.59 Å². The fourth-order valence-electron chi connectivity index (χ4n) is 2.71. The zero-order chi connectivity index (χ0) is 16.4. The van der Waals surface area contributed by atoms with Crippen LogP contribution in [0.1, 0.15) is 29.6 Å². The van der Waals surface area contributed by atoms with Crippen LogP contribution >= 0.6 is 0 Å². The highest BCUT2D eigenvalue weighted by atomic mass is 16.2. The fraction of sp³-hybridized carbons (Fsp3) is 0.235. The van der Waals surface area contributed by atoms with Crippen molar-refractivity contribution in [1.29, 1.82) is 0 Å². The number of benzene rings is 1. The van der Waals surface area contributed by atoms with Crippen molar-refractivity contribution in [2.45, 2.75) is 19.3 Å². The number of ketones is 3. The standard InChI is InChI=1S/C17H14N2O4/c20-13-7-4-8-14(21)15(13)16(22)12-9-10-18-19(17(12)23)11-5-2-1-3-6-11/h1-3,5-6,9-10,15H,4,7-8H2. The highest BCUT2D eigenvalue weighted by Crippen LogP contribution is 2.20. The lowest BCUT2D eigenvalue weighted by atomic mass is 9.82. The Bertz CT molecular complexity index is 823. The Labute approximate surface area is 131 Å². The van der Waals surface area contributed by atoms with Gasteiger partial charge in [0.2, 0.25) is 0 Å². The van der Waals surface area contributed by atoms with Gasteiger partial charge >= 0.3 is 0 Å². The lowest BCUT2D eigenvalue weighted by Gasteiger charge is -2.18. The van der Waals surface area contributed by atoms with Gasteiger partial charge < -0.3 is 0 Å². The molecule has 0 atom stereocenters. The van der Waals surface area contributed by atoms with Gasteiger partial charge in [-0.25, -0.2) is 0 Å². The van der Waals surface area contributed by atoms with Crippen LogP contribution in [0, 0.1) is 5.92 Å². The summed E-state index contributed by atoms with van der Waals surface area (Å²) in [6, 6.07) is 9.90. The number of carbonyl (C=O) groups is 3. The number of hydrogen-bond acceptors (Lipinski definition) is 5. The predicted octanol–water partition coefficient (Wildman–Crippen LogP) is 1.35. The van der Waals surface area contributed by atoms with Crippen LogP contribution in [0.5, 0.6) is 0 Å². The van der Waals surface area contributed by atoms with Gasteiger partial charge in [0.15, 0.2) is 17.3 Å². The first kappa shape index (κ1) is 15.0. The van der Waals surface area contributed by atoms with E-state index in [2.05, 4.69) is 5.10 Å². The Kier molecular flexibility index (Phi) is 3.97. The van der Waals surface area contributed by atoms with Crippen LogP contribution < -0.4 is 5.56 Å². The fourth-order valence-corrected chi connectivity index (χ4v) is 2.71. The number of hydrogen-bond donors (Lipinski definition) is 0. The number of aromatic nitrogens is 2. The second-order valence-corrected chi connectivity index (χ2v) is 5.38. The Morgan fingerprint density at radius 3 is 2.30 bits per heavy atom. The number of nitrogens with zero attached hydrogens (tertiary/aromatic N) is 2. The van der Waals surface area contributed by atoms with Crippen LogP contribution in [0.2, 0.25) is 0 Å². The van der Waals surface area contributed by atoms with E-state index in [0.717, 1.165) is 4.68 Å². The first-order valence-electron chi connectivity index (χ1n) is 7.33. The average molecular weight is 310 g/mol. The molecule has 0 spiro atoms. The van der Waals surface area contributed by atoms with E-state index in [-0.39, 0.29) is 18.4 Å². The third-order valence-electron chi connectivity index (χ3n) is 3.86. The summed E-state index contributed by atoms with van der Waals surface area (Å²) in [5.74, 6) is -2.89. The van der Waals surface area contributed by atoms with E-state index >= 15 is 0 Å². The van der Waals surface area contributed by atoms with E-state index in [1.165, 1.54) is 12.3 Å². The Hall–Kier alpha value is -2.89. The molecule has 0 amide bonds. The molecule has 1 aromatic heterocycles. The molecule has 6 nitrogen and oxygen atoms in total. The summed E-state index contributed by atoms with van der Waals surface area (Å²) in [7, 11) is 0. The van der Waals surface area contributed by atoms with Crippen molar-refractivity contribution in [2.75, 3.05) is 0 Å². The van der Waals surface area contributed by atoms with Crippen molar-refractivity contribution in [1.82, 2.24) is 9.78 Å². The van der Waals surface area contributed by atoms with Crippen LogP contribution in [0.4, 0.5) is 0 Å². The average Bonchev–Trinajstić information content (AvgIpc) is 2.55. The summed E-state index contributed by atoms with van der Waals surface area (Å²) in [5.41, 5.74) is -0.305. The highest BCUT2D eigenvalue weighted by molar-refractivity contribution is 6.24. The topological polar surface area (TPSA) is 86.1 Å². The molecule has 116 valence electrons. The first-order chi connectivity index (χ1) is 11.1. The zero-order valence-electron chi connectivity index (χ0n) is 12.3. The monoisotopic (exact) mass is 310 g/mol. The molecule has 1 fully saturated rings. The molecule has 0 radical (unpaired) electrons. The van der Waals surface area contributed by atoms with Gasteiger partial charge in [0.1, 0.15) is 5.92 Å². The molecule has 0 saturated heterocycles. The molecule has 1 aliphatic rings. The maximum absolute atomic E-state index is 12.5. The van der Waals surface area contributed by atoms with Crippen LogP contribution in [0.15, 0.2) is 47.4 Å². The Morgan fingerprint density at radius 1 is 1.00 bits per heavy atom. The van der Waals surface area contributed by atoms with Crippen LogP contribution in [0.25, 0.3) is 5.69 Å². The molecule has 2 aromatic rings. The first-order valence-corrected chi connectivity index (χ1v) is 7.33.